The number of benzene rings is 1. The first-order valence-corrected chi connectivity index (χ1v) is 12.4. The number of hydrogen-bond acceptors (Lipinski definition) is 6. The topological polar surface area (TPSA) is 77.5 Å². The van der Waals surface area contributed by atoms with E-state index in [1.54, 1.807) is 12.3 Å². The molecule has 0 aliphatic heterocycles. The van der Waals surface area contributed by atoms with E-state index in [0.29, 0.717) is 29.7 Å². The summed E-state index contributed by atoms with van der Waals surface area (Å²) in [5, 5.41) is 3.58. The van der Waals surface area contributed by atoms with Gasteiger partial charge in [0.2, 0.25) is 0 Å². The number of rotatable bonds is 7. The van der Waals surface area contributed by atoms with Crippen LogP contribution in [0.15, 0.2) is 30.5 Å². The summed E-state index contributed by atoms with van der Waals surface area (Å²) in [5.74, 6) is -0.437. The number of nitrogens with one attached hydrogen (secondary N) is 1. The Hall–Kier alpha value is -1.72. The summed E-state index contributed by atoms with van der Waals surface area (Å²) in [6, 6.07) is 5.35. The molecular formula is C18H25F3N2O4S2. The fourth-order valence-corrected chi connectivity index (χ4v) is 3.36. The summed E-state index contributed by atoms with van der Waals surface area (Å²) >= 11 is 0. The van der Waals surface area contributed by atoms with Gasteiger partial charge in [-0.3, -0.25) is 4.98 Å². The molecule has 0 amide bonds. The molecular weight excluding hydrogens is 429 g/mol. The standard InChI is InChI=1S/C18H25F3N2O4S2/c1-17(2,3)28(4,5)26-9-8-22-14-10-13-11-15(6-7-16(13)23-12-14)27-29(24,25)18(19,20)21/h6-7,10-12,22H,8-9H2,1-5H3. The van der Waals surface area contributed by atoms with Crippen LogP contribution in [-0.4, -0.2) is 49.3 Å². The van der Waals surface area contributed by atoms with Crippen LogP contribution in [0.1, 0.15) is 20.8 Å². The largest absolute Gasteiger partial charge is 0.534 e. The summed E-state index contributed by atoms with van der Waals surface area (Å²) in [6.45, 7) is 7.37. The molecule has 2 aromatic rings. The highest BCUT2D eigenvalue weighted by molar-refractivity contribution is 8.29. The summed E-state index contributed by atoms with van der Waals surface area (Å²) < 4.78 is 70.0. The van der Waals surface area contributed by atoms with Crippen LogP contribution in [0.25, 0.3) is 10.9 Å². The Morgan fingerprint density at radius 1 is 1.10 bits per heavy atom. The lowest BCUT2D eigenvalue weighted by Gasteiger charge is -2.43. The number of aromatic nitrogens is 1. The second-order valence-corrected chi connectivity index (χ2v) is 13.1. The van der Waals surface area contributed by atoms with E-state index < -0.39 is 31.7 Å². The SMILES string of the molecule is CC(C)(C)S(C)(C)OCCNc1cnc2ccc(OS(=O)(=O)C(F)(F)F)cc2c1. The first kappa shape index (κ1) is 23.6. The average Bonchev–Trinajstić information content (AvgIpc) is 2.56. The Morgan fingerprint density at radius 3 is 2.34 bits per heavy atom. The van der Waals surface area contributed by atoms with Crippen molar-refractivity contribution in [2.45, 2.75) is 31.0 Å². The molecule has 0 fully saturated rings. The van der Waals surface area contributed by atoms with E-state index in [4.69, 9.17) is 4.18 Å². The Labute approximate surface area is 170 Å². The van der Waals surface area contributed by atoms with Gasteiger partial charge in [-0.05, 0) is 36.8 Å². The number of halogens is 3. The Kier molecular flexibility index (Phi) is 6.65. The summed E-state index contributed by atoms with van der Waals surface area (Å²) in [7, 11) is -6.97. The van der Waals surface area contributed by atoms with Crippen molar-refractivity contribution in [3.05, 3.63) is 30.5 Å². The van der Waals surface area contributed by atoms with Crippen molar-refractivity contribution in [2.24, 2.45) is 0 Å². The van der Waals surface area contributed by atoms with Gasteiger partial charge in [0.05, 0.1) is 24.0 Å². The van der Waals surface area contributed by atoms with Gasteiger partial charge in [0, 0.05) is 16.7 Å². The van der Waals surface area contributed by atoms with Gasteiger partial charge in [-0.1, -0.05) is 20.8 Å². The van der Waals surface area contributed by atoms with E-state index >= 15 is 0 Å². The molecule has 0 bridgehead atoms. The minimum atomic E-state index is -5.72. The number of fused-ring (bicyclic) bond motifs is 1. The molecule has 1 N–H and O–H groups in total. The van der Waals surface area contributed by atoms with E-state index in [1.807, 2.05) is 0 Å². The zero-order valence-electron chi connectivity index (χ0n) is 16.8. The van der Waals surface area contributed by atoms with Crippen LogP contribution in [0.5, 0.6) is 5.75 Å². The normalized spacial score (nSPS) is 14.1. The lowest BCUT2D eigenvalue weighted by Crippen LogP contribution is -2.28. The minimum Gasteiger partial charge on any atom is -0.381 e. The van der Waals surface area contributed by atoms with Gasteiger partial charge in [-0.2, -0.15) is 21.6 Å². The second-order valence-electron chi connectivity index (χ2n) is 7.66. The summed E-state index contributed by atoms with van der Waals surface area (Å²) in [6.07, 6.45) is 5.78. The summed E-state index contributed by atoms with van der Waals surface area (Å²) in [4.78, 5) is 4.21. The number of anilines is 1. The molecule has 2 rings (SSSR count). The second kappa shape index (κ2) is 8.19. The Balaban J connectivity index is 2.07. The molecule has 29 heavy (non-hydrogen) atoms. The van der Waals surface area contributed by atoms with Gasteiger partial charge in [0.1, 0.15) is 5.75 Å². The van der Waals surface area contributed by atoms with Crippen LogP contribution in [0.4, 0.5) is 18.9 Å². The third-order valence-corrected chi connectivity index (χ3v) is 9.11. The highest BCUT2D eigenvalue weighted by Crippen LogP contribution is 2.53. The predicted octanol–water partition coefficient (Wildman–Crippen LogP) is 4.67. The third kappa shape index (κ3) is 5.89. The molecule has 0 atom stereocenters. The first-order valence-electron chi connectivity index (χ1n) is 8.64. The van der Waals surface area contributed by atoms with Crippen LogP contribution in [0.3, 0.4) is 0 Å². The zero-order chi connectivity index (χ0) is 22.1. The Bertz CT molecular complexity index is 971. The van der Waals surface area contributed by atoms with E-state index in [1.165, 1.54) is 12.1 Å². The molecule has 0 aliphatic rings. The third-order valence-electron chi connectivity index (χ3n) is 4.43. The highest BCUT2D eigenvalue weighted by Gasteiger charge is 2.48. The van der Waals surface area contributed by atoms with Crippen molar-refractivity contribution in [2.75, 3.05) is 31.0 Å². The van der Waals surface area contributed by atoms with E-state index in [2.05, 4.69) is 47.8 Å². The monoisotopic (exact) mass is 454 g/mol. The van der Waals surface area contributed by atoms with Crippen LogP contribution in [0, 0.1) is 0 Å². The van der Waals surface area contributed by atoms with Gasteiger partial charge < -0.3 is 13.7 Å². The summed E-state index contributed by atoms with van der Waals surface area (Å²) in [5.41, 5.74) is -4.38. The molecule has 0 unspecified atom stereocenters. The lowest BCUT2D eigenvalue weighted by molar-refractivity contribution is -0.0500. The zero-order valence-corrected chi connectivity index (χ0v) is 18.5. The molecule has 0 saturated carbocycles. The van der Waals surface area contributed by atoms with Gasteiger partial charge in [-0.25, -0.2) is 0 Å². The van der Waals surface area contributed by atoms with E-state index in [-0.39, 0.29) is 4.75 Å². The first-order chi connectivity index (χ1) is 13.1. The van der Waals surface area contributed by atoms with Crippen LogP contribution >= 0.6 is 10.3 Å². The average molecular weight is 455 g/mol. The Morgan fingerprint density at radius 2 is 1.76 bits per heavy atom. The lowest BCUT2D eigenvalue weighted by atomic mass is 10.2. The van der Waals surface area contributed by atoms with Gasteiger partial charge >= 0.3 is 15.6 Å². The fraction of sp³-hybridized carbons (Fsp3) is 0.500. The van der Waals surface area contributed by atoms with E-state index in [9.17, 15) is 21.6 Å². The maximum absolute atomic E-state index is 12.5. The number of alkyl halides is 3. The van der Waals surface area contributed by atoms with Crippen LogP contribution in [-0.2, 0) is 14.3 Å². The predicted molar refractivity (Wildman–Crippen MR) is 111 cm³/mol. The molecule has 1 aromatic carbocycles. The van der Waals surface area contributed by atoms with Crippen molar-refractivity contribution >= 4 is 37.0 Å². The van der Waals surface area contributed by atoms with Gasteiger partial charge in [-0.15, -0.1) is 10.3 Å². The van der Waals surface area contributed by atoms with Crippen molar-refractivity contribution < 1.29 is 30.0 Å². The molecule has 164 valence electrons. The van der Waals surface area contributed by atoms with Crippen LogP contribution in [0.2, 0.25) is 0 Å². The molecule has 11 heteroatoms. The highest BCUT2D eigenvalue weighted by atomic mass is 32.3. The molecule has 0 aliphatic carbocycles. The van der Waals surface area contributed by atoms with Crippen molar-refractivity contribution in [3.63, 3.8) is 0 Å². The number of nitrogens with zero attached hydrogens (tertiary/aromatic N) is 1. The van der Waals surface area contributed by atoms with Gasteiger partial charge in [0.25, 0.3) is 0 Å². The number of pyridine rings is 1. The molecule has 0 spiro atoms. The minimum absolute atomic E-state index is 0.0463. The maximum Gasteiger partial charge on any atom is 0.534 e. The van der Waals surface area contributed by atoms with Crippen molar-refractivity contribution in [3.8, 4) is 5.75 Å². The van der Waals surface area contributed by atoms with Crippen molar-refractivity contribution in [1.29, 1.82) is 0 Å². The quantitative estimate of drug-likeness (QED) is 0.372. The van der Waals surface area contributed by atoms with Gasteiger partial charge in [0.15, 0.2) is 0 Å². The van der Waals surface area contributed by atoms with Crippen molar-refractivity contribution in [1.82, 2.24) is 4.98 Å². The molecule has 6 nitrogen and oxygen atoms in total. The van der Waals surface area contributed by atoms with Crippen LogP contribution < -0.4 is 9.50 Å². The molecule has 1 heterocycles. The maximum atomic E-state index is 12.5. The molecule has 0 radical (unpaired) electrons. The molecule has 0 saturated heterocycles. The smallest absolute Gasteiger partial charge is 0.381 e. The fourth-order valence-electron chi connectivity index (χ4n) is 2.05. The van der Waals surface area contributed by atoms with E-state index in [0.717, 1.165) is 6.07 Å². The number of hydrogen-bond donors (Lipinski definition) is 1. The molecule has 1 aromatic heterocycles.